The maximum Gasteiger partial charge on any atom is 0.336 e. The lowest BCUT2D eigenvalue weighted by atomic mass is 10.1. The van der Waals surface area contributed by atoms with Crippen LogP contribution in [0.2, 0.25) is 0 Å². The van der Waals surface area contributed by atoms with E-state index in [9.17, 15) is 13.2 Å². The summed E-state index contributed by atoms with van der Waals surface area (Å²) in [6, 6.07) is 4.04. The van der Waals surface area contributed by atoms with E-state index < -0.39 is 16.0 Å². The summed E-state index contributed by atoms with van der Waals surface area (Å²) in [5, 5.41) is 18.1. The Morgan fingerprint density at radius 1 is 1.43 bits per heavy atom. The lowest BCUT2D eigenvalue weighted by Gasteiger charge is -2.20. The highest BCUT2D eigenvalue weighted by Gasteiger charge is 2.24. The van der Waals surface area contributed by atoms with Crippen LogP contribution in [-0.2, 0) is 16.4 Å². The Hall–Kier alpha value is -1.70. The van der Waals surface area contributed by atoms with Gasteiger partial charge in [0.2, 0.25) is 10.0 Å². The van der Waals surface area contributed by atoms with E-state index >= 15 is 0 Å². The van der Waals surface area contributed by atoms with Gasteiger partial charge in [-0.25, -0.2) is 13.2 Å². The Balaban J connectivity index is 3.33. The van der Waals surface area contributed by atoms with Crippen LogP contribution in [0, 0.1) is 0 Å². The fourth-order valence-electron chi connectivity index (χ4n) is 1.94. The molecule has 21 heavy (non-hydrogen) atoms. The normalized spacial score (nSPS) is 11.6. The highest BCUT2D eigenvalue weighted by Crippen LogP contribution is 2.20. The summed E-state index contributed by atoms with van der Waals surface area (Å²) in [5.41, 5.74) is 0.542. The second-order valence-corrected chi connectivity index (χ2v) is 6.29. The number of hydrogen-bond acceptors (Lipinski definition) is 4. The Labute approximate surface area is 124 Å². The molecule has 1 aromatic rings. The van der Waals surface area contributed by atoms with Crippen LogP contribution in [0.15, 0.2) is 35.7 Å². The molecule has 7 heteroatoms. The first kappa shape index (κ1) is 17.4. The zero-order valence-electron chi connectivity index (χ0n) is 11.8. The molecule has 0 aliphatic heterocycles. The molecule has 0 unspecified atom stereocenters. The van der Waals surface area contributed by atoms with Gasteiger partial charge in [0, 0.05) is 13.1 Å². The summed E-state index contributed by atoms with van der Waals surface area (Å²) in [6.45, 7) is 4.92. The van der Waals surface area contributed by atoms with Crippen LogP contribution in [0.1, 0.15) is 22.8 Å². The Morgan fingerprint density at radius 2 is 2.10 bits per heavy atom. The molecule has 2 N–H and O–H groups in total. The molecule has 0 amide bonds. The van der Waals surface area contributed by atoms with E-state index in [-0.39, 0.29) is 30.2 Å². The summed E-state index contributed by atoms with van der Waals surface area (Å²) >= 11 is 0. The number of benzene rings is 1. The van der Waals surface area contributed by atoms with Gasteiger partial charge < -0.3 is 10.2 Å². The van der Waals surface area contributed by atoms with E-state index in [0.717, 1.165) is 10.4 Å². The monoisotopic (exact) mass is 313 g/mol. The van der Waals surface area contributed by atoms with Crippen LogP contribution in [-0.4, -0.2) is 48.6 Å². The number of rotatable bonds is 8. The number of hydrogen-bond donors (Lipinski definition) is 2. The van der Waals surface area contributed by atoms with Gasteiger partial charge in [-0.1, -0.05) is 19.1 Å². The number of aliphatic hydroxyl groups is 1. The largest absolute Gasteiger partial charge is 0.478 e. The van der Waals surface area contributed by atoms with Crippen LogP contribution in [0.5, 0.6) is 0 Å². The minimum atomic E-state index is -3.87. The summed E-state index contributed by atoms with van der Waals surface area (Å²) in [7, 11) is -3.87. The summed E-state index contributed by atoms with van der Waals surface area (Å²) < 4.78 is 26.0. The van der Waals surface area contributed by atoms with Gasteiger partial charge in [0.15, 0.2) is 0 Å². The number of sulfonamides is 1. The van der Waals surface area contributed by atoms with Crippen molar-refractivity contribution in [1.82, 2.24) is 4.31 Å². The standard InChI is InChI=1S/C14H19NO5S/c1-3-7-15(8-9-16)21(19,20)12-6-5-11(4-2)13(10-12)14(17)18/h3,5-6,10,16H,1,4,7-9H2,2H3,(H,17,18). The minimum absolute atomic E-state index is 0.0267. The lowest BCUT2D eigenvalue weighted by Crippen LogP contribution is -2.33. The van der Waals surface area contributed by atoms with Gasteiger partial charge in [-0.3, -0.25) is 0 Å². The molecule has 116 valence electrons. The maximum atomic E-state index is 12.5. The molecule has 0 fully saturated rings. The smallest absolute Gasteiger partial charge is 0.336 e. The molecule has 0 radical (unpaired) electrons. The first-order chi connectivity index (χ1) is 9.88. The van der Waals surface area contributed by atoms with E-state index in [1.165, 1.54) is 18.2 Å². The van der Waals surface area contributed by atoms with Crippen molar-refractivity contribution in [1.29, 1.82) is 0 Å². The molecular formula is C14H19NO5S. The topological polar surface area (TPSA) is 94.9 Å². The number of aryl methyl sites for hydroxylation is 1. The van der Waals surface area contributed by atoms with Gasteiger partial charge in [0.1, 0.15) is 0 Å². The van der Waals surface area contributed by atoms with Gasteiger partial charge in [-0.2, -0.15) is 4.31 Å². The van der Waals surface area contributed by atoms with Crippen LogP contribution in [0.4, 0.5) is 0 Å². The van der Waals surface area contributed by atoms with E-state index in [1.807, 2.05) is 0 Å². The third kappa shape index (κ3) is 3.90. The molecule has 1 rings (SSSR count). The van der Waals surface area contributed by atoms with Crippen LogP contribution < -0.4 is 0 Å². The minimum Gasteiger partial charge on any atom is -0.478 e. The van der Waals surface area contributed by atoms with Crippen molar-refractivity contribution in [2.75, 3.05) is 19.7 Å². The highest BCUT2D eigenvalue weighted by molar-refractivity contribution is 7.89. The summed E-state index contributed by atoms with van der Waals surface area (Å²) in [4.78, 5) is 11.1. The molecular weight excluding hydrogens is 294 g/mol. The third-order valence-electron chi connectivity index (χ3n) is 3.01. The predicted molar refractivity (Wildman–Crippen MR) is 78.8 cm³/mol. The molecule has 0 aromatic heterocycles. The molecule has 0 bridgehead atoms. The van der Waals surface area contributed by atoms with E-state index in [4.69, 9.17) is 10.2 Å². The number of carbonyl (C=O) groups is 1. The van der Waals surface area contributed by atoms with Crippen molar-refractivity contribution in [3.63, 3.8) is 0 Å². The molecule has 0 saturated heterocycles. The van der Waals surface area contributed by atoms with Gasteiger partial charge >= 0.3 is 5.97 Å². The van der Waals surface area contributed by atoms with Gasteiger partial charge in [0.25, 0.3) is 0 Å². The van der Waals surface area contributed by atoms with Crippen molar-refractivity contribution >= 4 is 16.0 Å². The number of carboxylic acid groups (broad SMARTS) is 1. The molecule has 0 atom stereocenters. The SMILES string of the molecule is C=CCN(CCO)S(=O)(=O)c1ccc(CC)c(C(=O)O)c1. The van der Waals surface area contributed by atoms with Crippen molar-refractivity contribution in [2.24, 2.45) is 0 Å². The van der Waals surface area contributed by atoms with E-state index in [0.29, 0.717) is 12.0 Å². The first-order valence-electron chi connectivity index (χ1n) is 6.46. The number of aromatic carboxylic acids is 1. The highest BCUT2D eigenvalue weighted by atomic mass is 32.2. The van der Waals surface area contributed by atoms with Gasteiger partial charge in [0.05, 0.1) is 17.1 Å². The van der Waals surface area contributed by atoms with E-state index in [1.54, 1.807) is 6.92 Å². The average Bonchev–Trinajstić information content (AvgIpc) is 2.46. The molecule has 6 nitrogen and oxygen atoms in total. The number of aliphatic hydroxyl groups excluding tert-OH is 1. The molecule has 0 heterocycles. The molecule has 1 aromatic carbocycles. The quantitative estimate of drug-likeness (QED) is 0.701. The zero-order chi connectivity index (χ0) is 16.0. The fourth-order valence-corrected chi connectivity index (χ4v) is 3.37. The summed E-state index contributed by atoms with van der Waals surface area (Å²) in [6.07, 6.45) is 1.90. The number of nitrogens with zero attached hydrogens (tertiary/aromatic N) is 1. The Bertz CT molecular complexity index is 624. The van der Waals surface area contributed by atoms with Crippen LogP contribution in [0.25, 0.3) is 0 Å². The lowest BCUT2D eigenvalue weighted by molar-refractivity contribution is 0.0695. The number of carboxylic acids is 1. The fraction of sp³-hybridized carbons (Fsp3) is 0.357. The van der Waals surface area contributed by atoms with Gasteiger partial charge in [-0.15, -0.1) is 6.58 Å². The van der Waals surface area contributed by atoms with Crippen LogP contribution >= 0.6 is 0 Å². The van der Waals surface area contributed by atoms with Crippen molar-refractivity contribution in [3.8, 4) is 0 Å². The van der Waals surface area contributed by atoms with Crippen LogP contribution in [0.3, 0.4) is 0 Å². The maximum absolute atomic E-state index is 12.5. The zero-order valence-corrected chi connectivity index (χ0v) is 12.6. The predicted octanol–water partition coefficient (Wildman–Crippen LogP) is 1.12. The second kappa shape index (κ2) is 7.35. The molecule has 0 aliphatic rings. The van der Waals surface area contributed by atoms with Crippen molar-refractivity contribution < 1.29 is 23.4 Å². The average molecular weight is 313 g/mol. The van der Waals surface area contributed by atoms with Crippen molar-refractivity contribution in [3.05, 3.63) is 42.0 Å². The Kier molecular flexibility index (Phi) is 6.07. The Morgan fingerprint density at radius 3 is 2.57 bits per heavy atom. The van der Waals surface area contributed by atoms with Crippen molar-refractivity contribution in [2.45, 2.75) is 18.2 Å². The summed E-state index contributed by atoms with van der Waals surface area (Å²) in [5.74, 6) is -1.17. The molecule has 0 saturated carbocycles. The first-order valence-corrected chi connectivity index (χ1v) is 7.90. The third-order valence-corrected chi connectivity index (χ3v) is 4.87. The molecule has 0 aliphatic carbocycles. The van der Waals surface area contributed by atoms with Gasteiger partial charge in [-0.05, 0) is 24.1 Å². The second-order valence-electron chi connectivity index (χ2n) is 4.35. The molecule has 0 spiro atoms. The van der Waals surface area contributed by atoms with E-state index in [2.05, 4.69) is 6.58 Å².